The summed E-state index contributed by atoms with van der Waals surface area (Å²) in [4.78, 5) is 0.929. The number of rotatable bonds is 3. The van der Waals surface area contributed by atoms with Gasteiger partial charge in [-0.3, -0.25) is 0 Å². The molecule has 1 rings (SSSR count). The van der Waals surface area contributed by atoms with E-state index in [-0.39, 0.29) is 0 Å². The number of hydrogen-bond donors (Lipinski definition) is 0. The van der Waals surface area contributed by atoms with E-state index in [2.05, 4.69) is 34.6 Å². The number of hydrogen-bond acceptors (Lipinski definition) is 1. The zero-order valence-electron chi connectivity index (χ0n) is 7.51. The van der Waals surface area contributed by atoms with E-state index in [9.17, 15) is 0 Å². The van der Waals surface area contributed by atoms with Crippen LogP contribution >= 0.6 is 28.1 Å². The molecular formula is C11H11BrS. The Morgan fingerprint density at radius 2 is 2.23 bits per heavy atom. The molecule has 2 heteroatoms. The van der Waals surface area contributed by atoms with Crippen LogP contribution in [0, 0.1) is 0 Å². The molecule has 68 valence electrons. The highest BCUT2D eigenvalue weighted by molar-refractivity contribution is 9.10. The molecule has 0 unspecified atom stereocenters. The highest BCUT2D eigenvalue weighted by atomic mass is 79.9. The highest BCUT2D eigenvalue weighted by Gasteiger charge is 1.99. The molecule has 13 heavy (non-hydrogen) atoms. The van der Waals surface area contributed by atoms with Gasteiger partial charge in [-0.1, -0.05) is 46.9 Å². The van der Waals surface area contributed by atoms with Crippen molar-refractivity contribution in [2.24, 2.45) is 0 Å². The molecule has 0 amide bonds. The van der Waals surface area contributed by atoms with Gasteiger partial charge < -0.3 is 0 Å². The maximum Gasteiger partial charge on any atom is 0.0219 e. The summed E-state index contributed by atoms with van der Waals surface area (Å²) < 4.78 is 1.09. The molecule has 0 fully saturated rings. The summed E-state index contributed by atoms with van der Waals surface area (Å²) in [5, 5.41) is 0. The lowest BCUT2D eigenvalue weighted by molar-refractivity contribution is 1.33. The molecule has 0 aliphatic carbocycles. The van der Waals surface area contributed by atoms with Crippen LogP contribution < -0.4 is 0 Å². The van der Waals surface area contributed by atoms with Gasteiger partial charge >= 0.3 is 0 Å². The molecule has 0 heterocycles. The van der Waals surface area contributed by atoms with Crippen molar-refractivity contribution in [1.82, 2.24) is 0 Å². The van der Waals surface area contributed by atoms with Crippen molar-refractivity contribution in [3.8, 4) is 0 Å². The topological polar surface area (TPSA) is 0 Å². The first-order valence-corrected chi connectivity index (χ1v) is 5.23. The van der Waals surface area contributed by atoms with Crippen molar-refractivity contribution < 1.29 is 0 Å². The molecule has 0 aliphatic rings. The summed E-state index contributed by atoms with van der Waals surface area (Å²) in [6.07, 6.45) is 0.810. The molecule has 0 bridgehead atoms. The van der Waals surface area contributed by atoms with E-state index in [0.717, 1.165) is 21.3 Å². The first-order valence-electron chi connectivity index (χ1n) is 4.03. The second-order valence-electron chi connectivity index (χ2n) is 3.01. The van der Waals surface area contributed by atoms with E-state index in [1.165, 1.54) is 5.56 Å². The molecule has 0 saturated heterocycles. The molecule has 0 aliphatic heterocycles. The van der Waals surface area contributed by atoms with Crippen molar-refractivity contribution in [3.63, 3.8) is 0 Å². The van der Waals surface area contributed by atoms with Gasteiger partial charge in [-0.05, 0) is 30.2 Å². The highest BCUT2D eigenvalue weighted by Crippen LogP contribution is 2.13. The Labute approximate surface area is 92.8 Å². The van der Waals surface area contributed by atoms with Crippen LogP contribution in [0.1, 0.15) is 12.5 Å². The zero-order chi connectivity index (χ0) is 9.84. The Morgan fingerprint density at radius 3 is 2.77 bits per heavy atom. The van der Waals surface area contributed by atoms with Gasteiger partial charge in [0.05, 0.1) is 0 Å². The monoisotopic (exact) mass is 254 g/mol. The largest absolute Gasteiger partial charge is 0.0950 e. The van der Waals surface area contributed by atoms with Crippen molar-refractivity contribution in [1.29, 1.82) is 0 Å². The summed E-state index contributed by atoms with van der Waals surface area (Å²) in [5.41, 5.74) is 2.21. The fraction of sp³-hybridized carbons (Fsp3) is 0.182. The lowest BCUT2D eigenvalue weighted by Gasteiger charge is -2.03. The Hall–Kier alpha value is -0.470. The summed E-state index contributed by atoms with van der Waals surface area (Å²) >= 11 is 8.61. The van der Waals surface area contributed by atoms with Crippen LogP contribution in [0.25, 0.3) is 0 Å². The van der Waals surface area contributed by atoms with Gasteiger partial charge in [0.2, 0.25) is 0 Å². The minimum atomic E-state index is 0.810. The Kier molecular flexibility index (Phi) is 3.82. The zero-order valence-corrected chi connectivity index (χ0v) is 9.91. The third-order valence-corrected chi connectivity index (χ3v) is 2.72. The molecule has 0 nitrogen and oxygen atoms in total. The SMILES string of the molecule is C=C(C)C(=S)Cc1cccc(Br)c1. The number of thiocarbonyl (C=S) groups is 1. The average molecular weight is 255 g/mol. The standard InChI is InChI=1S/C11H11BrS/c1-8(2)11(13)7-9-4-3-5-10(12)6-9/h3-6H,1,7H2,2H3. The summed E-state index contributed by atoms with van der Waals surface area (Å²) in [7, 11) is 0. The van der Waals surface area contributed by atoms with Gasteiger partial charge in [-0.2, -0.15) is 0 Å². The number of allylic oxidation sites excluding steroid dienone is 1. The van der Waals surface area contributed by atoms with Gasteiger partial charge in [0.25, 0.3) is 0 Å². The molecular weight excluding hydrogens is 244 g/mol. The van der Waals surface area contributed by atoms with Crippen LogP contribution in [0.3, 0.4) is 0 Å². The van der Waals surface area contributed by atoms with Crippen LogP contribution in [0.2, 0.25) is 0 Å². The second-order valence-corrected chi connectivity index (χ2v) is 4.42. The van der Waals surface area contributed by atoms with E-state index in [1.807, 2.05) is 19.1 Å². The van der Waals surface area contributed by atoms with Gasteiger partial charge in [0.1, 0.15) is 0 Å². The quantitative estimate of drug-likeness (QED) is 0.582. The predicted molar refractivity (Wildman–Crippen MR) is 65.3 cm³/mol. The Bertz CT molecular complexity index is 342. The fourth-order valence-electron chi connectivity index (χ4n) is 0.983. The van der Waals surface area contributed by atoms with Gasteiger partial charge in [-0.15, -0.1) is 0 Å². The maximum atomic E-state index is 5.19. The molecule has 0 aromatic heterocycles. The molecule has 0 spiro atoms. The molecule has 0 N–H and O–H groups in total. The van der Waals surface area contributed by atoms with Gasteiger partial charge in [-0.25, -0.2) is 0 Å². The Balaban J connectivity index is 2.75. The van der Waals surface area contributed by atoms with Gasteiger partial charge in [0, 0.05) is 15.8 Å². The lowest BCUT2D eigenvalue weighted by atomic mass is 10.1. The van der Waals surface area contributed by atoms with Crippen LogP contribution in [-0.2, 0) is 6.42 Å². The van der Waals surface area contributed by atoms with Crippen LogP contribution in [0.15, 0.2) is 40.9 Å². The normalized spacial score (nSPS) is 9.69. The average Bonchev–Trinajstić information content (AvgIpc) is 2.04. The molecule has 0 atom stereocenters. The molecule has 1 aromatic carbocycles. The minimum absolute atomic E-state index is 0.810. The van der Waals surface area contributed by atoms with Crippen LogP contribution in [-0.4, -0.2) is 4.86 Å². The van der Waals surface area contributed by atoms with Crippen molar-refractivity contribution >= 4 is 33.0 Å². The summed E-state index contributed by atoms with van der Waals surface area (Å²) in [5.74, 6) is 0. The van der Waals surface area contributed by atoms with E-state index >= 15 is 0 Å². The van der Waals surface area contributed by atoms with Crippen LogP contribution in [0.5, 0.6) is 0 Å². The molecule has 1 aromatic rings. The first-order chi connectivity index (χ1) is 6.09. The van der Waals surface area contributed by atoms with Gasteiger partial charge in [0.15, 0.2) is 0 Å². The van der Waals surface area contributed by atoms with E-state index < -0.39 is 0 Å². The summed E-state index contributed by atoms with van der Waals surface area (Å²) in [6, 6.07) is 8.17. The first kappa shape index (κ1) is 10.6. The van der Waals surface area contributed by atoms with Crippen molar-refractivity contribution in [3.05, 3.63) is 46.5 Å². The smallest absolute Gasteiger partial charge is 0.0219 e. The number of benzene rings is 1. The number of halogens is 1. The Morgan fingerprint density at radius 1 is 1.54 bits per heavy atom. The van der Waals surface area contributed by atoms with Crippen molar-refractivity contribution in [2.45, 2.75) is 13.3 Å². The van der Waals surface area contributed by atoms with Crippen molar-refractivity contribution in [2.75, 3.05) is 0 Å². The lowest BCUT2D eigenvalue weighted by Crippen LogP contribution is -1.99. The third kappa shape index (κ3) is 3.41. The van der Waals surface area contributed by atoms with Crippen LogP contribution in [0.4, 0.5) is 0 Å². The predicted octanol–water partition coefficient (Wildman–Crippen LogP) is 3.94. The fourth-order valence-corrected chi connectivity index (χ4v) is 1.60. The summed E-state index contributed by atoms with van der Waals surface area (Å²) in [6.45, 7) is 5.77. The van der Waals surface area contributed by atoms with E-state index in [0.29, 0.717) is 0 Å². The maximum absolute atomic E-state index is 5.19. The minimum Gasteiger partial charge on any atom is -0.0950 e. The van der Waals surface area contributed by atoms with E-state index in [4.69, 9.17) is 12.2 Å². The molecule has 0 saturated carbocycles. The third-order valence-electron chi connectivity index (χ3n) is 1.73. The molecule has 0 radical (unpaired) electrons. The van der Waals surface area contributed by atoms with E-state index in [1.54, 1.807) is 0 Å². The second kappa shape index (κ2) is 4.68.